The van der Waals surface area contributed by atoms with Gasteiger partial charge in [0.05, 0.1) is 33.2 Å². The average Bonchev–Trinajstić information content (AvgIpc) is 2.82. The van der Waals surface area contributed by atoms with Gasteiger partial charge < -0.3 is 13.9 Å². The topological polar surface area (TPSA) is 21.3 Å². The van der Waals surface area contributed by atoms with Gasteiger partial charge in [-0.3, -0.25) is 0 Å². The van der Waals surface area contributed by atoms with Gasteiger partial charge in [-0.15, -0.1) is 0 Å². The molecule has 1 unspecified atom stereocenters. The largest absolute Gasteiger partial charge is 0.456 e. The van der Waals surface area contributed by atoms with Crippen LogP contribution in [0.2, 0.25) is 0 Å². The zero-order chi connectivity index (χ0) is 53.0. The van der Waals surface area contributed by atoms with Gasteiger partial charge in [-0.2, -0.15) is 0 Å². The van der Waals surface area contributed by atoms with E-state index in [1.165, 1.54) is 105 Å². The fourth-order valence-electron chi connectivity index (χ4n) is 15.3. The molecule has 81 heavy (non-hydrogen) atoms. The van der Waals surface area contributed by atoms with E-state index in [-0.39, 0.29) is 0 Å². The van der Waals surface area contributed by atoms with Crippen molar-refractivity contribution in [2.75, 3.05) is 4.90 Å². The van der Waals surface area contributed by atoms with E-state index in [1.807, 2.05) is 6.07 Å². The van der Waals surface area contributed by atoms with Crippen LogP contribution in [-0.4, -0.2) is 4.57 Å². The van der Waals surface area contributed by atoms with Gasteiger partial charge in [0.25, 0.3) is 0 Å². The van der Waals surface area contributed by atoms with Crippen LogP contribution in [0, 0.1) is 0 Å². The minimum Gasteiger partial charge on any atom is -0.456 e. The van der Waals surface area contributed by atoms with Crippen LogP contribution in [-0.2, 0) is 10.8 Å². The minimum absolute atomic E-state index is 0.620. The molecule has 3 aliphatic rings. The maximum atomic E-state index is 6.45. The predicted octanol–water partition coefficient (Wildman–Crippen LogP) is 20.0. The number of aromatic nitrogens is 1. The highest BCUT2D eigenvalue weighted by atomic mass is 16.3. The normalized spacial score (nSPS) is 15.1. The summed E-state index contributed by atoms with van der Waals surface area (Å²) in [5.74, 6) is 0. The molecule has 0 amide bonds. The third kappa shape index (κ3) is 5.81. The van der Waals surface area contributed by atoms with Gasteiger partial charge in [0.15, 0.2) is 0 Å². The summed E-state index contributed by atoms with van der Waals surface area (Å²) >= 11 is 0. The SMILES string of the molecule is c1ccc(C2(c3ccccc3)c3ccccc3-c3c2cc(N(c2ccc(-c4ccc5c(c4)oc4ccccc45)cc2)c2ccc4c(c2)C2(c5ccccc5-4)c4ccccc4-n4c5ccccc5c5cccc2c54)c2ccccc32)cc1. The Balaban J connectivity index is 0.931. The Hall–Kier alpha value is -10.5. The molecule has 0 saturated carbocycles. The average molecular weight is 1030 g/mol. The first-order valence-electron chi connectivity index (χ1n) is 28.2. The maximum Gasteiger partial charge on any atom is 0.136 e. The van der Waals surface area contributed by atoms with Gasteiger partial charge in [0, 0.05) is 38.3 Å². The summed E-state index contributed by atoms with van der Waals surface area (Å²) in [7, 11) is 0. The number of rotatable bonds is 6. The Morgan fingerprint density at radius 3 is 1.67 bits per heavy atom. The van der Waals surface area contributed by atoms with Crippen LogP contribution in [0.5, 0.6) is 0 Å². The Bertz CT molecular complexity index is 5080. The number of benzene rings is 13. The first kappa shape index (κ1) is 44.5. The highest BCUT2D eigenvalue weighted by Gasteiger charge is 2.52. The molecule has 1 spiro atoms. The molecule has 3 heterocycles. The Morgan fingerprint density at radius 1 is 0.309 bits per heavy atom. The van der Waals surface area contributed by atoms with Crippen molar-refractivity contribution in [1.82, 2.24) is 4.57 Å². The third-order valence-corrected chi connectivity index (χ3v) is 18.5. The molecule has 13 aromatic carbocycles. The molecule has 2 aromatic heterocycles. The molecule has 3 nitrogen and oxygen atoms in total. The zero-order valence-corrected chi connectivity index (χ0v) is 44.0. The van der Waals surface area contributed by atoms with Crippen LogP contribution in [0.4, 0.5) is 17.1 Å². The molecular weight excluding hydrogens is 981 g/mol. The van der Waals surface area contributed by atoms with Crippen LogP contribution in [0.3, 0.4) is 0 Å². The first-order chi connectivity index (χ1) is 40.2. The molecule has 3 heteroatoms. The van der Waals surface area contributed by atoms with Crippen molar-refractivity contribution in [2.24, 2.45) is 0 Å². The van der Waals surface area contributed by atoms with Crippen LogP contribution in [0.15, 0.2) is 296 Å². The van der Waals surface area contributed by atoms with Crippen LogP contribution in [0.25, 0.3) is 93.6 Å². The standard InChI is InChI=1S/C78H48N2O/c1-3-20-51(21-4-1)77(52-22-5-2-6-23-52)65-32-14-10-29-63(65)75-61-28-8-7-25-57(61)72(48-69(75)77)79(53-41-38-49(39-42-53)50-40-44-60-59-27-12-18-37-73(59)81-74(60)46-50)54-43-45-56-55-24-9-13-31-64(55)78(68(56)47-54)66-33-15-17-36-71(66)80-70-35-16-11-26-58(70)62-30-19-34-67(78)76(62)80/h1-48H. The van der Waals surface area contributed by atoms with Gasteiger partial charge >= 0.3 is 0 Å². The van der Waals surface area contributed by atoms with E-state index >= 15 is 0 Å². The molecule has 18 rings (SSSR count). The first-order valence-corrected chi connectivity index (χ1v) is 28.2. The van der Waals surface area contributed by atoms with Crippen LogP contribution >= 0.6 is 0 Å². The lowest BCUT2D eigenvalue weighted by Gasteiger charge is -2.40. The summed E-state index contributed by atoms with van der Waals surface area (Å²) in [5.41, 5.74) is 25.0. The summed E-state index contributed by atoms with van der Waals surface area (Å²) < 4.78 is 8.98. The van der Waals surface area contributed by atoms with E-state index in [4.69, 9.17) is 4.42 Å². The summed E-state index contributed by atoms with van der Waals surface area (Å²) in [4.78, 5) is 2.56. The van der Waals surface area contributed by atoms with E-state index in [9.17, 15) is 0 Å². The highest BCUT2D eigenvalue weighted by Crippen LogP contribution is 2.63. The van der Waals surface area contributed by atoms with E-state index in [0.29, 0.717) is 0 Å². The van der Waals surface area contributed by atoms with Crippen molar-refractivity contribution >= 4 is 71.6 Å². The zero-order valence-electron chi connectivity index (χ0n) is 44.0. The predicted molar refractivity (Wildman–Crippen MR) is 334 cm³/mol. The summed E-state index contributed by atoms with van der Waals surface area (Å²) in [6.45, 7) is 0. The quantitative estimate of drug-likeness (QED) is 0.166. The molecule has 0 radical (unpaired) electrons. The van der Waals surface area contributed by atoms with E-state index in [2.05, 4.69) is 295 Å². The highest BCUT2D eigenvalue weighted by molar-refractivity contribution is 6.14. The molecule has 0 N–H and O–H groups in total. The Morgan fingerprint density at radius 2 is 0.877 bits per heavy atom. The van der Waals surface area contributed by atoms with Gasteiger partial charge in [-0.25, -0.2) is 0 Å². The fraction of sp³-hybridized carbons (Fsp3) is 0.0256. The Kier molecular flexibility index (Phi) is 9.08. The van der Waals surface area contributed by atoms with Crippen molar-refractivity contribution in [2.45, 2.75) is 10.8 Å². The van der Waals surface area contributed by atoms with Crippen molar-refractivity contribution < 1.29 is 4.42 Å². The van der Waals surface area contributed by atoms with E-state index in [0.717, 1.165) is 50.1 Å². The minimum atomic E-state index is -0.634. The number of nitrogens with zero attached hydrogens (tertiary/aromatic N) is 2. The lowest BCUT2D eigenvalue weighted by molar-refractivity contribution is 0.669. The second-order valence-corrected chi connectivity index (χ2v) is 22.2. The van der Waals surface area contributed by atoms with Crippen LogP contribution in [0.1, 0.15) is 44.5 Å². The van der Waals surface area contributed by atoms with Gasteiger partial charge in [-0.1, -0.05) is 231 Å². The van der Waals surface area contributed by atoms with Gasteiger partial charge in [0.1, 0.15) is 11.2 Å². The number of fused-ring (bicyclic) bond motifs is 20. The molecule has 0 saturated heterocycles. The molecule has 0 bridgehead atoms. The monoisotopic (exact) mass is 1030 g/mol. The number of hydrogen-bond acceptors (Lipinski definition) is 2. The second kappa shape index (κ2) is 16.5. The van der Waals surface area contributed by atoms with E-state index < -0.39 is 10.8 Å². The fourth-order valence-corrected chi connectivity index (χ4v) is 15.3. The second-order valence-electron chi connectivity index (χ2n) is 22.2. The van der Waals surface area contributed by atoms with Gasteiger partial charge in [0.2, 0.25) is 0 Å². The number of hydrogen-bond donors (Lipinski definition) is 0. The molecular formula is C78H48N2O. The van der Waals surface area contributed by atoms with Crippen molar-refractivity contribution in [1.29, 1.82) is 0 Å². The molecule has 1 atom stereocenters. The van der Waals surface area contributed by atoms with Crippen molar-refractivity contribution in [3.63, 3.8) is 0 Å². The van der Waals surface area contributed by atoms with Gasteiger partial charge in [-0.05, 0) is 144 Å². The molecule has 1 aliphatic heterocycles. The van der Waals surface area contributed by atoms with Crippen molar-refractivity contribution in [3.05, 3.63) is 336 Å². The Labute approximate surface area is 468 Å². The lowest BCUT2D eigenvalue weighted by Crippen LogP contribution is -2.33. The summed E-state index contributed by atoms with van der Waals surface area (Å²) in [5, 5.41) is 7.19. The number of furan rings is 1. The molecule has 376 valence electrons. The lowest BCUT2D eigenvalue weighted by atomic mass is 9.65. The molecule has 15 aromatic rings. The van der Waals surface area contributed by atoms with Crippen LogP contribution < -0.4 is 4.90 Å². The number of para-hydroxylation sites is 4. The summed E-state index contributed by atoms with van der Waals surface area (Å²) in [6.07, 6.45) is 0. The smallest absolute Gasteiger partial charge is 0.136 e. The van der Waals surface area contributed by atoms with Crippen molar-refractivity contribution in [3.8, 4) is 39.1 Å². The maximum absolute atomic E-state index is 6.45. The summed E-state index contributed by atoms with van der Waals surface area (Å²) in [6, 6.07) is 109. The molecule has 0 fully saturated rings. The third-order valence-electron chi connectivity index (χ3n) is 18.5. The van der Waals surface area contributed by atoms with E-state index in [1.54, 1.807) is 0 Å². The number of anilines is 3. The molecule has 2 aliphatic carbocycles.